The Bertz CT molecular complexity index is 510. The summed E-state index contributed by atoms with van der Waals surface area (Å²) < 4.78 is 0. The van der Waals surface area contributed by atoms with Crippen LogP contribution in [0.1, 0.15) is 25.3 Å². The maximum atomic E-state index is 12.3. The van der Waals surface area contributed by atoms with E-state index in [4.69, 9.17) is 17.3 Å². The number of hydrogen-bond donors (Lipinski definition) is 2. The number of anilines is 1. The van der Waals surface area contributed by atoms with Crippen LogP contribution in [0.2, 0.25) is 5.02 Å². The molecule has 2 atom stereocenters. The van der Waals surface area contributed by atoms with E-state index in [1.54, 1.807) is 0 Å². The van der Waals surface area contributed by atoms with Gasteiger partial charge in [-0.05, 0) is 49.9 Å². The Hall–Kier alpha value is -0.810. The quantitative estimate of drug-likeness (QED) is 0.881. The molecule has 0 saturated carbocycles. The summed E-state index contributed by atoms with van der Waals surface area (Å²) in [5, 5.41) is 3.62. The van der Waals surface area contributed by atoms with Crippen LogP contribution in [-0.2, 0) is 4.79 Å². The molecule has 0 spiro atoms. The fraction of sp³-hybridized carbons (Fsp3) is 0.562. The van der Waals surface area contributed by atoms with Crippen LogP contribution in [0.15, 0.2) is 18.2 Å². The molecule has 4 nitrogen and oxygen atoms in total. The second-order valence-corrected chi connectivity index (χ2v) is 6.26. The van der Waals surface area contributed by atoms with Gasteiger partial charge in [0.2, 0.25) is 5.91 Å². The zero-order valence-electron chi connectivity index (χ0n) is 13.1. The number of carbonyl (C=O) groups excluding carboxylic acids is 1. The molecule has 124 valence electrons. The van der Waals surface area contributed by atoms with Crippen molar-refractivity contribution in [2.75, 3.05) is 25.0 Å². The van der Waals surface area contributed by atoms with Crippen molar-refractivity contribution in [1.82, 2.24) is 4.90 Å². The highest BCUT2D eigenvalue weighted by Crippen LogP contribution is 2.24. The lowest BCUT2D eigenvalue weighted by Crippen LogP contribution is -2.51. The number of benzene rings is 1. The highest BCUT2D eigenvalue weighted by molar-refractivity contribution is 6.31. The Kier molecular flexibility index (Phi) is 7.63. The highest BCUT2D eigenvalue weighted by Gasteiger charge is 2.28. The summed E-state index contributed by atoms with van der Waals surface area (Å²) in [7, 11) is 0. The lowest BCUT2D eigenvalue weighted by Gasteiger charge is -2.38. The minimum Gasteiger partial charge on any atom is -0.329 e. The maximum Gasteiger partial charge on any atom is 0.238 e. The van der Waals surface area contributed by atoms with Crippen molar-refractivity contribution in [2.45, 2.75) is 32.7 Å². The van der Waals surface area contributed by atoms with Crippen molar-refractivity contribution >= 4 is 35.6 Å². The monoisotopic (exact) mass is 345 g/mol. The van der Waals surface area contributed by atoms with Crippen LogP contribution in [0.3, 0.4) is 0 Å². The van der Waals surface area contributed by atoms with Gasteiger partial charge < -0.3 is 11.1 Å². The second-order valence-electron chi connectivity index (χ2n) is 5.85. The zero-order valence-corrected chi connectivity index (χ0v) is 14.7. The van der Waals surface area contributed by atoms with Crippen molar-refractivity contribution in [3.8, 4) is 0 Å². The molecule has 0 radical (unpaired) electrons. The van der Waals surface area contributed by atoms with Gasteiger partial charge in [-0.3, -0.25) is 9.69 Å². The molecular formula is C16H25Cl2N3O. The molecule has 1 aromatic carbocycles. The second kappa shape index (κ2) is 8.73. The molecule has 3 N–H and O–H groups in total. The van der Waals surface area contributed by atoms with Crippen LogP contribution in [-0.4, -0.2) is 36.5 Å². The van der Waals surface area contributed by atoms with Gasteiger partial charge >= 0.3 is 0 Å². The standard InChI is InChI=1S/C16H24ClN3O.ClH/c1-11-5-4-8-20(15(11)9-18)10-16(21)19-14-7-3-6-13(17)12(14)2;/h3,6-7,11,15H,4-5,8-10,18H2,1-2H3,(H,19,21);1H. The minimum atomic E-state index is -0.00656. The van der Waals surface area contributed by atoms with E-state index in [1.807, 2.05) is 25.1 Å². The van der Waals surface area contributed by atoms with E-state index in [1.165, 1.54) is 6.42 Å². The molecule has 1 aliphatic rings. The Labute approximate surface area is 143 Å². The fourth-order valence-electron chi connectivity index (χ4n) is 3.03. The van der Waals surface area contributed by atoms with Crippen molar-refractivity contribution < 1.29 is 4.79 Å². The number of amides is 1. The Morgan fingerprint density at radius 1 is 1.50 bits per heavy atom. The molecule has 1 aliphatic heterocycles. The molecule has 1 aromatic rings. The average Bonchev–Trinajstić information content (AvgIpc) is 2.44. The van der Waals surface area contributed by atoms with Crippen LogP contribution in [0.25, 0.3) is 0 Å². The third-order valence-electron chi connectivity index (χ3n) is 4.36. The van der Waals surface area contributed by atoms with Gasteiger partial charge in [0, 0.05) is 23.3 Å². The lowest BCUT2D eigenvalue weighted by atomic mass is 9.91. The van der Waals surface area contributed by atoms with Gasteiger partial charge in [-0.25, -0.2) is 0 Å². The number of nitrogens with one attached hydrogen (secondary N) is 1. The van der Waals surface area contributed by atoms with Gasteiger partial charge in [0.15, 0.2) is 0 Å². The van der Waals surface area contributed by atoms with Gasteiger partial charge in [-0.15, -0.1) is 12.4 Å². The largest absolute Gasteiger partial charge is 0.329 e. The molecular weight excluding hydrogens is 321 g/mol. The van der Waals surface area contributed by atoms with Gasteiger partial charge in [0.25, 0.3) is 0 Å². The number of nitrogens with zero attached hydrogens (tertiary/aromatic N) is 1. The van der Waals surface area contributed by atoms with Crippen molar-refractivity contribution in [2.24, 2.45) is 11.7 Å². The summed E-state index contributed by atoms with van der Waals surface area (Å²) in [5.74, 6) is 0.539. The van der Waals surface area contributed by atoms with E-state index in [-0.39, 0.29) is 18.3 Å². The molecule has 0 aromatic heterocycles. The van der Waals surface area contributed by atoms with Crippen molar-refractivity contribution in [3.63, 3.8) is 0 Å². The first-order chi connectivity index (χ1) is 10.0. The number of carbonyl (C=O) groups is 1. The van der Waals surface area contributed by atoms with Crippen LogP contribution in [0, 0.1) is 12.8 Å². The summed E-state index contributed by atoms with van der Waals surface area (Å²) in [6.45, 7) is 6.04. The first-order valence-corrected chi connectivity index (χ1v) is 7.89. The molecule has 1 saturated heterocycles. The van der Waals surface area contributed by atoms with Crippen molar-refractivity contribution in [3.05, 3.63) is 28.8 Å². The van der Waals surface area contributed by atoms with Gasteiger partial charge in [0.05, 0.1) is 6.54 Å². The molecule has 0 aliphatic carbocycles. The average molecular weight is 346 g/mol. The molecule has 2 unspecified atom stereocenters. The first-order valence-electron chi connectivity index (χ1n) is 7.52. The summed E-state index contributed by atoms with van der Waals surface area (Å²) in [6, 6.07) is 5.84. The van der Waals surface area contributed by atoms with Gasteiger partial charge in [-0.2, -0.15) is 0 Å². The molecule has 1 amide bonds. The highest BCUT2D eigenvalue weighted by atomic mass is 35.5. The van der Waals surface area contributed by atoms with E-state index < -0.39 is 0 Å². The van der Waals surface area contributed by atoms with Gasteiger partial charge in [-0.1, -0.05) is 24.6 Å². The number of halogens is 2. The summed E-state index contributed by atoms with van der Waals surface area (Å²) in [6.07, 6.45) is 2.31. The third kappa shape index (κ3) is 4.59. The number of piperidine rings is 1. The van der Waals surface area contributed by atoms with Crippen LogP contribution in [0.5, 0.6) is 0 Å². The third-order valence-corrected chi connectivity index (χ3v) is 4.77. The van der Waals surface area contributed by atoms with Crippen LogP contribution in [0.4, 0.5) is 5.69 Å². The molecule has 2 rings (SSSR count). The molecule has 1 fully saturated rings. The number of hydrogen-bond acceptors (Lipinski definition) is 3. The van der Waals surface area contributed by atoms with E-state index >= 15 is 0 Å². The first kappa shape index (κ1) is 19.2. The van der Waals surface area contributed by atoms with E-state index in [2.05, 4.69) is 17.1 Å². The summed E-state index contributed by atoms with van der Waals surface area (Å²) in [4.78, 5) is 14.5. The van der Waals surface area contributed by atoms with E-state index in [9.17, 15) is 4.79 Å². The number of likely N-dealkylation sites (tertiary alicyclic amines) is 1. The van der Waals surface area contributed by atoms with Crippen molar-refractivity contribution in [1.29, 1.82) is 0 Å². The normalized spacial score (nSPS) is 22.0. The molecule has 22 heavy (non-hydrogen) atoms. The topological polar surface area (TPSA) is 58.4 Å². The van der Waals surface area contributed by atoms with E-state index in [0.29, 0.717) is 30.1 Å². The fourth-order valence-corrected chi connectivity index (χ4v) is 3.20. The molecule has 1 heterocycles. The Morgan fingerprint density at radius 3 is 2.91 bits per heavy atom. The summed E-state index contributed by atoms with van der Waals surface area (Å²) >= 11 is 6.08. The molecule has 6 heteroatoms. The predicted octanol–water partition coefficient (Wildman–Crippen LogP) is 3.07. The maximum absolute atomic E-state index is 12.3. The Morgan fingerprint density at radius 2 is 2.23 bits per heavy atom. The smallest absolute Gasteiger partial charge is 0.238 e. The number of nitrogens with two attached hydrogens (primary N) is 1. The lowest BCUT2D eigenvalue weighted by molar-refractivity contribution is -0.118. The van der Waals surface area contributed by atoms with Crippen LogP contribution < -0.4 is 11.1 Å². The zero-order chi connectivity index (χ0) is 15.4. The number of rotatable bonds is 4. The summed E-state index contributed by atoms with van der Waals surface area (Å²) in [5.41, 5.74) is 7.54. The SMILES string of the molecule is Cc1c(Cl)cccc1NC(=O)CN1CCCC(C)C1CN.Cl. The predicted molar refractivity (Wildman–Crippen MR) is 94.9 cm³/mol. The van der Waals surface area contributed by atoms with Crippen LogP contribution >= 0.6 is 24.0 Å². The molecule has 0 bridgehead atoms. The minimum absolute atomic E-state index is 0. The van der Waals surface area contributed by atoms with Gasteiger partial charge in [0.1, 0.15) is 0 Å². The van der Waals surface area contributed by atoms with E-state index in [0.717, 1.165) is 24.2 Å². The Balaban J connectivity index is 0.00000242.